The summed E-state index contributed by atoms with van der Waals surface area (Å²) in [6, 6.07) is 8.51. The van der Waals surface area contributed by atoms with Crippen molar-refractivity contribution < 1.29 is 14.0 Å². The number of benzene rings is 1. The van der Waals surface area contributed by atoms with Crippen LogP contribution in [0.3, 0.4) is 0 Å². The van der Waals surface area contributed by atoms with Crippen LogP contribution in [0.25, 0.3) is 0 Å². The van der Waals surface area contributed by atoms with Gasteiger partial charge in [0.05, 0.1) is 5.02 Å². The molecule has 2 rings (SSSR count). The first-order chi connectivity index (χ1) is 11.5. The zero-order valence-electron chi connectivity index (χ0n) is 13.3. The van der Waals surface area contributed by atoms with Crippen molar-refractivity contribution in [2.75, 3.05) is 18.4 Å². The van der Waals surface area contributed by atoms with Gasteiger partial charge >= 0.3 is 0 Å². The third-order valence-corrected chi connectivity index (χ3v) is 3.72. The zero-order chi connectivity index (χ0) is 17.7. The number of halogens is 2. The van der Waals surface area contributed by atoms with Gasteiger partial charge in [0.15, 0.2) is 0 Å². The highest BCUT2D eigenvalue weighted by molar-refractivity contribution is 6.31. The van der Waals surface area contributed by atoms with Crippen molar-refractivity contribution in [2.45, 2.75) is 13.8 Å². The summed E-state index contributed by atoms with van der Waals surface area (Å²) in [7, 11) is 0. The molecule has 1 aromatic carbocycles. The topological polar surface area (TPSA) is 62.3 Å². The van der Waals surface area contributed by atoms with Crippen LogP contribution in [0.15, 0.2) is 36.4 Å². The molecule has 0 bridgehead atoms. The van der Waals surface area contributed by atoms with Crippen molar-refractivity contribution in [3.05, 3.63) is 58.6 Å². The second-order valence-electron chi connectivity index (χ2n) is 4.97. The van der Waals surface area contributed by atoms with E-state index >= 15 is 0 Å². The summed E-state index contributed by atoms with van der Waals surface area (Å²) in [6.45, 7) is 4.86. The van der Waals surface area contributed by atoms with E-state index in [2.05, 4.69) is 10.3 Å². The van der Waals surface area contributed by atoms with E-state index < -0.39 is 11.7 Å². The van der Waals surface area contributed by atoms with Gasteiger partial charge in [0.1, 0.15) is 17.2 Å². The van der Waals surface area contributed by atoms with Crippen molar-refractivity contribution in [1.29, 1.82) is 0 Å². The van der Waals surface area contributed by atoms with Crippen LogP contribution in [0.1, 0.15) is 34.8 Å². The van der Waals surface area contributed by atoms with Gasteiger partial charge < -0.3 is 10.2 Å². The average molecular weight is 350 g/mol. The molecule has 2 aromatic rings. The Morgan fingerprint density at radius 2 is 1.83 bits per heavy atom. The minimum absolute atomic E-state index is 0.0912. The Bertz CT molecular complexity index is 763. The predicted molar refractivity (Wildman–Crippen MR) is 90.9 cm³/mol. The van der Waals surface area contributed by atoms with Crippen molar-refractivity contribution in [2.24, 2.45) is 0 Å². The lowest BCUT2D eigenvalue weighted by Gasteiger charge is -2.18. The van der Waals surface area contributed by atoms with Crippen molar-refractivity contribution in [3.63, 3.8) is 0 Å². The first-order valence-corrected chi connectivity index (χ1v) is 7.86. The minimum Gasteiger partial charge on any atom is -0.338 e. The number of rotatable bonds is 5. The lowest BCUT2D eigenvalue weighted by Crippen LogP contribution is -2.31. The summed E-state index contributed by atoms with van der Waals surface area (Å²) in [5.74, 6) is -1.31. The van der Waals surface area contributed by atoms with Crippen molar-refractivity contribution in [1.82, 2.24) is 9.88 Å². The van der Waals surface area contributed by atoms with E-state index in [1.54, 1.807) is 17.0 Å². The number of hydrogen-bond acceptors (Lipinski definition) is 3. The predicted octanol–water partition coefficient (Wildman–Crippen LogP) is 3.61. The Morgan fingerprint density at radius 3 is 2.46 bits per heavy atom. The lowest BCUT2D eigenvalue weighted by atomic mass is 10.2. The average Bonchev–Trinajstić information content (AvgIpc) is 2.59. The fourth-order valence-electron chi connectivity index (χ4n) is 2.12. The van der Waals surface area contributed by atoms with Crippen LogP contribution >= 0.6 is 11.6 Å². The lowest BCUT2D eigenvalue weighted by molar-refractivity contribution is 0.0767. The van der Waals surface area contributed by atoms with Gasteiger partial charge in [-0.2, -0.15) is 0 Å². The smallest absolute Gasteiger partial charge is 0.274 e. The monoisotopic (exact) mass is 349 g/mol. The van der Waals surface area contributed by atoms with Gasteiger partial charge in [0.25, 0.3) is 11.8 Å². The SMILES string of the molecule is CCN(CC)C(=O)c1cccc(C(=O)Nc2ccc(F)c(Cl)c2)n1. The van der Waals surface area contributed by atoms with E-state index in [-0.39, 0.29) is 22.3 Å². The molecular weight excluding hydrogens is 333 g/mol. The second kappa shape index (κ2) is 7.88. The Kier molecular flexibility index (Phi) is 5.87. The van der Waals surface area contributed by atoms with Crippen molar-refractivity contribution in [3.8, 4) is 0 Å². The molecule has 0 saturated heterocycles. The number of pyridine rings is 1. The van der Waals surface area contributed by atoms with Gasteiger partial charge in [0, 0.05) is 18.8 Å². The van der Waals surface area contributed by atoms with Crippen LogP contribution in [0.5, 0.6) is 0 Å². The van der Waals surface area contributed by atoms with E-state index in [9.17, 15) is 14.0 Å². The van der Waals surface area contributed by atoms with Crippen molar-refractivity contribution >= 4 is 29.1 Å². The number of carbonyl (C=O) groups excluding carboxylic acids is 2. The molecule has 1 heterocycles. The second-order valence-corrected chi connectivity index (χ2v) is 5.38. The number of hydrogen-bond donors (Lipinski definition) is 1. The van der Waals surface area contributed by atoms with Crippen LogP contribution in [0, 0.1) is 5.82 Å². The third-order valence-electron chi connectivity index (χ3n) is 3.43. The molecule has 0 unspecified atom stereocenters. The molecule has 24 heavy (non-hydrogen) atoms. The fourth-order valence-corrected chi connectivity index (χ4v) is 2.30. The van der Waals surface area contributed by atoms with E-state index in [0.29, 0.717) is 18.8 Å². The number of nitrogens with one attached hydrogen (secondary N) is 1. The summed E-state index contributed by atoms with van der Waals surface area (Å²) in [5, 5.41) is 2.48. The summed E-state index contributed by atoms with van der Waals surface area (Å²) in [5.41, 5.74) is 0.630. The molecule has 126 valence electrons. The number of anilines is 1. The van der Waals surface area contributed by atoms with Crippen LogP contribution in [0.4, 0.5) is 10.1 Å². The summed E-state index contributed by atoms with van der Waals surface area (Å²) in [6.07, 6.45) is 0. The summed E-state index contributed by atoms with van der Waals surface area (Å²) in [4.78, 5) is 30.3. The van der Waals surface area contributed by atoms with Gasteiger partial charge in [-0.05, 0) is 44.2 Å². The Labute approximate surface area is 144 Å². The maximum atomic E-state index is 13.1. The van der Waals surface area contributed by atoms with Crippen LogP contribution in [0.2, 0.25) is 5.02 Å². The highest BCUT2D eigenvalue weighted by atomic mass is 35.5. The van der Waals surface area contributed by atoms with Crippen LogP contribution in [-0.4, -0.2) is 34.8 Å². The van der Waals surface area contributed by atoms with Gasteiger partial charge in [-0.25, -0.2) is 9.37 Å². The minimum atomic E-state index is -0.570. The van der Waals surface area contributed by atoms with Gasteiger partial charge in [0.2, 0.25) is 0 Å². The molecule has 0 aliphatic carbocycles. The molecule has 1 N–H and O–H groups in total. The standard InChI is InChI=1S/C17H17ClFN3O2/c1-3-22(4-2)17(24)15-7-5-6-14(21-15)16(23)20-11-8-9-13(19)12(18)10-11/h5-10H,3-4H2,1-2H3,(H,20,23). The molecule has 1 aromatic heterocycles. The number of aromatic nitrogens is 1. The Hall–Kier alpha value is -2.47. The largest absolute Gasteiger partial charge is 0.338 e. The Balaban J connectivity index is 2.19. The molecule has 0 atom stereocenters. The van der Waals surface area contributed by atoms with E-state index in [1.165, 1.54) is 18.2 Å². The first-order valence-electron chi connectivity index (χ1n) is 7.49. The molecule has 0 saturated carbocycles. The van der Waals surface area contributed by atoms with Gasteiger partial charge in [-0.3, -0.25) is 9.59 Å². The normalized spacial score (nSPS) is 10.3. The third kappa shape index (κ3) is 4.08. The maximum absolute atomic E-state index is 13.1. The summed E-state index contributed by atoms with van der Waals surface area (Å²) < 4.78 is 13.1. The molecule has 5 nitrogen and oxygen atoms in total. The van der Waals surface area contributed by atoms with Crippen LogP contribution < -0.4 is 5.32 Å². The highest BCUT2D eigenvalue weighted by Gasteiger charge is 2.16. The quantitative estimate of drug-likeness (QED) is 0.897. The number of nitrogens with zero attached hydrogens (tertiary/aromatic N) is 2. The van der Waals surface area contributed by atoms with E-state index in [4.69, 9.17) is 11.6 Å². The molecule has 7 heteroatoms. The first kappa shape index (κ1) is 17.9. The van der Waals surface area contributed by atoms with Gasteiger partial charge in [-0.1, -0.05) is 17.7 Å². The van der Waals surface area contributed by atoms with E-state index in [1.807, 2.05) is 13.8 Å². The zero-order valence-corrected chi connectivity index (χ0v) is 14.1. The summed E-state index contributed by atoms with van der Waals surface area (Å²) >= 11 is 5.68. The fraction of sp³-hybridized carbons (Fsp3) is 0.235. The molecule has 0 aliphatic heterocycles. The maximum Gasteiger partial charge on any atom is 0.274 e. The van der Waals surface area contributed by atoms with E-state index in [0.717, 1.165) is 6.07 Å². The van der Waals surface area contributed by atoms with Crippen LogP contribution in [-0.2, 0) is 0 Å². The Morgan fingerprint density at radius 1 is 1.17 bits per heavy atom. The molecule has 0 aliphatic rings. The molecule has 0 spiro atoms. The molecule has 2 amide bonds. The number of carbonyl (C=O) groups is 2. The number of amides is 2. The highest BCUT2D eigenvalue weighted by Crippen LogP contribution is 2.19. The van der Waals surface area contributed by atoms with Gasteiger partial charge in [-0.15, -0.1) is 0 Å². The molecular formula is C17H17ClFN3O2. The molecule has 0 radical (unpaired) electrons. The molecule has 0 fully saturated rings.